The van der Waals surface area contributed by atoms with Crippen LogP contribution < -0.4 is 14.8 Å². The fourth-order valence-corrected chi connectivity index (χ4v) is 3.80. The Morgan fingerprint density at radius 2 is 1.76 bits per heavy atom. The first-order valence-electron chi connectivity index (χ1n) is 10.2. The molecule has 0 aromatic heterocycles. The molecule has 0 spiro atoms. The zero-order chi connectivity index (χ0) is 23.8. The van der Waals surface area contributed by atoms with Crippen molar-refractivity contribution in [2.45, 2.75) is 20.0 Å². The highest BCUT2D eigenvalue weighted by atomic mass is 127. The molecule has 3 aromatic rings. The Kier molecular flexibility index (Phi) is 8.92. The predicted molar refractivity (Wildman–Crippen MR) is 142 cm³/mol. The average molecular weight is 617 g/mol. The van der Waals surface area contributed by atoms with E-state index in [1.807, 2.05) is 54.6 Å². The van der Waals surface area contributed by atoms with Crippen molar-refractivity contribution in [3.05, 3.63) is 91.0 Å². The molecular formula is C26H22BrIN2O3. The zero-order valence-electron chi connectivity index (χ0n) is 18.2. The Morgan fingerprint density at radius 1 is 1.09 bits per heavy atom. The van der Waals surface area contributed by atoms with Gasteiger partial charge in [0.15, 0.2) is 11.5 Å². The van der Waals surface area contributed by atoms with Gasteiger partial charge in [-0.1, -0.05) is 47.1 Å². The van der Waals surface area contributed by atoms with E-state index in [1.165, 1.54) is 11.6 Å². The molecule has 0 unspecified atom stereocenters. The third kappa shape index (κ3) is 6.83. The standard InChI is InChI=1S/C26H22BrIN2O3/c1-3-17-6-10-22(11-7-17)30-26(31)20(15-29)12-19-13-24(32-2)25(14-23(19)27)33-16-18-4-8-21(28)9-5-18/h4-14H,3,16H2,1-2H3,(H,30,31)/b20-12+. The Balaban J connectivity index is 1.79. The van der Waals surface area contributed by atoms with E-state index in [1.54, 1.807) is 19.2 Å². The smallest absolute Gasteiger partial charge is 0.266 e. The molecule has 0 heterocycles. The number of ether oxygens (including phenoxy) is 2. The first-order chi connectivity index (χ1) is 15.9. The Bertz CT molecular complexity index is 1200. The van der Waals surface area contributed by atoms with E-state index < -0.39 is 5.91 Å². The van der Waals surface area contributed by atoms with E-state index in [0.717, 1.165) is 15.6 Å². The van der Waals surface area contributed by atoms with Gasteiger partial charge < -0.3 is 14.8 Å². The number of carbonyl (C=O) groups is 1. The van der Waals surface area contributed by atoms with E-state index in [-0.39, 0.29) is 5.57 Å². The number of amides is 1. The molecule has 3 aromatic carbocycles. The van der Waals surface area contributed by atoms with Gasteiger partial charge in [-0.15, -0.1) is 0 Å². The van der Waals surface area contributed by atoms with Gasteiger partial charge in [0.05, 0.1) is 7.11 Å². The number of nitrogens with zero attached hydrogens (tertiary/aromatic N) is 1. The summed E-state index contributed by atoms with van der Waals surface area (Å²) < 4.78 is 13.3. The SMILES string of the molecule is CCc1ccc(NC(=O)/C(C#N)=C/c2cc(OC)c(OCc3ccc(I)cc3)cc2Br)cc1. The number of carbonyl (C=O) groups excluding carboxylic acids is 1. The van der Waals surface area contributed by atoms with Crippen LogP contribution in [0.4, 0.5) is 5.69 Å². The number of halogens is 2. The lowest BCUT2D eigenvalue weighted by Gasteiger charge is -2.13. The van der Waals surface area contributed by atoms with Gasteiger partial charge in [-0.2, -0.15) is 5.26 Å². The molecule has 5 nitrogen and oxygen atoms in total. The van der Waals surface area contributed by atoms with Crippen molar-refractivity contribution in [3.8, 4) is 17.6 Å². The maximum Gasteiger partial charge on any atom is 0.266 e. The number of hydrogen-bond acceptors (Lipinski definition) is 4. The van der Waals surface area contributed by atoms with E-state index in [4.69, 9.17) is 9.47 Å². The van der Waals surface area contributed by atoms with Crippen molar-refractivity contribution in [3.63, 3.8) is 0 Å². The summed E-state index contributed by atoms with van der Waals surface area (Å²) in [6, 6.07) is 21.1. The highest BCUT2D eigenvalue weighted by Crippen LogP contribution is 2.35. The summed E-state index contributed by atoms with van der Waals surface area (Å²) in [6.07, 6.45) is 2.43. The minimum absolute atomic E-state index is 0.0233. The van der Waals surface area contributed by atoms with Crippen LogP contribution in [0.5, 0.6) is 11.5 Å². The summed E-state index contributed by atoms with van der Waals surface area (Å²) in [5.41, 5.74) is 3.44. The molecule has 0 aliphatic rings. The van der Waals surface area contributed by atoms with Gasteiger partial charge in [-0.05, 0) is 88.2 Å². The third-order valence-corrected chi connectivity index (χ3v) is 6.28. The van der Waals surface area contributed by atoms with E-state index >= 15 is 0 Å². The van der Waals surface area contributed by atoms with E-state index in [0.29, 0.717) is 33.8 Å². The van der Waals surface area contributed by atoms with Crippen LogP contribution >= 0.6 is 38.5 Å². The zero-order valence-corrected chi connectivity index (χ0v) is 21.9. The molecule has 3 rings (SSSR count). The van der Waals surface area contributed by atoms with Gasteiger partial charge >= 0.3 is 0 Å². The third-order valence-electron chi connectivity index (χ3n) is 4.88. The topological polar surface area (TPSA) is 71.4 Å². The van der Waals surface area contributed by atoms with Crippen LogP contribution in [0.1, 0.15) is 23.6 Å². The number of benzene rings is 3. The highest BCUT2D eigenvalue weighted by molar-refractivity contribution is 14.1. The molecule has 0 bridgehead atoms. The van der Waals surface area contributed by atoms with Crippen molar-refractivity contribution in [1.82, 2.24) is 0 Å². The van der Waals surface area contributed by atoms with E-state index in [2.05, 4.69) is 50.8 Å². The Labute approximate surface area is 215 Å². The summed E-state index contributed by atoms with van der Waals surface area (Å²) >= 11 is 5.77. The minimum atomic E-state index is -0.480. The summed E-state index contributed by atoms with van der Waals surface area (Å²) in [5, 5.41) is 12.3. The van der Waals surface area contributed by atoms with Gasteiger partial charge in [-0.3, -0.25) is 4.79 Å². The summed E-state index contributed by atoms with van der Waals surface area (Å²) in [5.74, 6) is 0.577. The molecule has 33 heavy (non-hydrogen) atoms. The Hall–Kier alpha value is -2.83. The fraction of sp³-hybridized carbons (Fsp3) is 0.154. The molecule has 0 atom stereocenters. The van der Waals surface area contributed by atoms with Gasteiger partial charge in [-0.25, -0.2) is 0 Å². The molecule has 0 saturated heterocycles. The molecule has 0 aliphatic carbocycles. The lowest BCUT2D eigenvalue weighted by Crippen LogP contribution is -2.13. The van der Waals surface area contributed by atoms with Crippen molar-refractivity contribution >= 4 is 56.2 Å². The number of hydrogen-bond donors (Lipinski definition) is 1. The van der Waals surface area contributed by atoms with Crippen LogP contribution in [-0.4, -0.2) is 13.0 Å². The predicted octanol–water partition coefficient (Wildman–Crippen LogP) is 6.75. The van der Waals surface area contributed by atoms with Crippen LogP contribution in [-0.2, 0) is 17.8 Å². The lowest BCUT2D eigenvalue weighted by atomic mass is 10.1. The van der Waals surface area contributed by atoms with Crippen LogP contribution in [0.2, 0.25) is 0 Å². The number of nitrogens with one attached hydrogen (secondary N) is 1. The van der Waals surface area contributed by atoms with Crippen molar-refractivity contribution < 1.29 is 14.3 Å². The average Bonchev–Trinajstić information content (AvgIpc) is 2.83. The van der Waals surface area contributed by atoms with Crippen LogP contribution in [0, 0.1) is 14.9 Å². The van der Waals surface area contributed by atoms with Gasteiger partial charge in [0.2, 0.25) is 0 Å². The monoisotopic (exact) mass is 616 g/mol. The number of nitriles is 1. The molecule has 168 valence electrons. The van der Waals surface area contributed by atoms with Crippen molar-refractivity contribution in [2.75, 3.05) is 12.4 Å². The minimum Gasteiger partial charge on any atom is -0.493 e. The molecular weight excluding hydrogens is 595 g/mol. The van der Waals surface area contributed by atoms with Gasteiger partial charge in [0.1, 0.15) is 18.2 Å². The molecule has 1 N–H and O–H groups in total. The Morgan fingerprint density at radius 3 is 2.36 bits per heavy atom. The maximum absolute atomic E-state index is 12.6. The number of aryl methyl sites for hydroxylation is 1. The number of rotatable bonds is 8. The quantitative estimate of drug-likeness (QED) is 0.173. The second kappa shape index (κ2) is 11.9. The van der Waals surface area contributed by atoms with Crippen LogP contribution in [0.15, 0.2) is 70.7 Å². The number of anilines is 1. The summed E-state index contributed by atoms with van der Waals surface area (Å²) in [4.78, 5) is 12.6. The molecule has 0 aliphatic heterocycles. The number of methoxy groups -OCH3 is 1. The maximum atomic E-state index is 12.6. The second-order valence-electron chi connectivity index (χ2n) is 7.11. The molecule has 1 amide bonds. The summed E-state index contributed by atoms with van der Waals surface area (Å²) in [7, 11) is 1.55. The normalized spacial score (nSPS) is 10.9. The summed E-state index contributed by atoms with van der Waals surface area (Å²) in [6.45, 7) is 2.45. The fourth-order valence-electron chi connectivity index (χ4n) is 3.00. The van der Waals surface area contributed by atoms with Gasteiger partial charge in [0, 0.05) is 13.7 Å². The lowest BCUT2D eigenvalue weighted by molar-refractivity contribution is -0.112. The van der Waals surface area contributed by atoms with E-state index in [9.17, 15) is 10.1 Å². The largest absolute Gasteiger partial charge is 0.493 e. The van der Waals surface area contributed by atoms with Crippen LogP contribution in [0.3, 0.4) is 0 Å². The molecule has 0 radical (unpaired) electrons. The van der Waals surface area contributed by atoms with Crippen molar-refractivity contribution in [2.24, 2.45) is 0 Å². The first-order valence-corrected chi connectivity index (χ1v) is 12.1. The molecule has 0 fully saturated rings. The highest BCUT2D eigenvalue weighted by Gasteiger charge is 2.14. The molecule has 0 saturated carbocycles. The van der Waals surface area contributed by atoms with Crippen LogP contribution in [0.25, 0.3) is 6.08 Å². The van der Waals surface area contributed by atoms with Gasteiger partial charge in [0.25, 0.3) is 5.91 Å². The van der Waals surface area contributed by atoms with Crippen molar-refractivity contribution in [1.29, 1.82) is 5.26 Å². The molecule has 7 heteroatoms. The second-order valence-corrected chi connectivity index (χ2v) is 9.21. The first kappa shape index (κ1) is 24.8.